The fourth-order valence-corrected chi connectivity index (χ4v) is 3.05. The molecule has 0 spiro atoms. The fourth-order valence-electron chi connectivity index (χ4n) is 3.05. The highest BCUT2D eigenvalue weighted by atomic mass is 16.3. The first-order chi connectivity index (χ1) is 12.4. The second-order valence-electron chi connectivity index (χ2n) is 6.12. The van der Waals surface area contributed by atoms with Crippen molar-refractivity contribution in [2.75, 3.05) is 11.4 Å². The topological polar surface area (TPSA) is 101 Å². The van der Waals surface area contributed by atoms with Gasteiger partial charge in [0.05, 0.1) is 12.1 Å². The number of ketones is 1. The minimum absolute atomic E-state index is 0.299. The van der Waals surface area contributed by atoms with Crippen molar-refractivity contribution >= 4 is 29.4 Å². The van der Waals surface area contributed by atoms with Crippen LogP contribution in [0.2, 0.25) is 0 Å². The van der Waals surface area contributed by atoms with Crippen LogP contribution in [0.5, 0.6) is 0 Å². The summed E-state index contributed by atoms with van der Waals surface area (Å²) in [6.45, 7) is -0.355. The van der Waals surface area contributed by atoms with Crippen LogP contribution in [0.25, 0.3) is 6.08 Å². The first kappa shape index (κ1) is 17.6. The van der Waals surface area contributed by atoms with Gasteiger partial charge in [0.1, 0.15) is 6.54 Å². The van der Waals surface area contributed by atoms with E-state index >= 15 is 0 Å². The molecule has 26 heavy (non-hydrogen) atoms. The molecule has 1 aliphatic rings. The number of nitrogens with two attached hydrogens (primary N) is 1. The molecule has 1 heterocycles. The summed E-state index contributed by atoms with van der Waals surface area (Å²) in [7, 11) is 0. The number of allylic oxidation sites excluding steroid dienone is 1. The van der Waals surface area contributed by atoms with Crippen molar-refractivity contribution in [2.24, 2.45) is 5.73 Å². The molecular formula is C20H18N2O4. The number of rotatable bonds is 6. The van der Waals surface area contributed by atoms with Gasteiger partial charge in [0.2, 0.25) is 5.91 Å². The highest BCUT2D eigenvalue weighted by Gasteiger charge is 2.50. The normalized spacial score (nSPS) is 19.0. The lowest BCUT2D eigenvalue weighted by Gasteiger charge is -2.21. The Morgan fingerprint density at radius 3 is 2.42 bits per heavy atom. The van der Waals surface area contributed by atoms with Crippen LogP contribution in [0.4, 0.5) is 5.69 Å². The van der Waals surface area contributed by atoms with Crippen molar-refractivity contribution in [3.63, 3.8) is 0 Å². The van der Waals surface area contributed by atoms with Gasteiger partial charge in [-0.25, -0.2) is 0 Å². The molecule has 2 amide bonds. The molecule has 0 saturated carbocycles. The first-order valence-electron chi connectivity index (χ1n) is 8.10. The van der Waals surface area contributed by atoms with Gasteiger partial charge in [-0.3, -0.25) is 19.3 Å². The molecule has 132 valence electrons. The highest BCUT2D eigenvalue weighted by Crippen LogP contribution is 2.42. The smallest absolute Gasteiger partial charge is 0.264 e. The van der Waals surface area contributed by atoms with Gasteiger partial charge in [0, 0.05) is 5.56 Å². The van der Waals surface area contributed by atoms with E-state index in [0.717, 1.165) is 10.5 Å². The van der Waals surface area contributed by atoms with Crippen LogP contribution in [0, 0.1) is 0 Å². The largest absolute Gasteiger partial charge is 0.375 e. The van der Waals surface area contributed by atoms with Crippen molar-refractivity contribution < 1.29 is 19.5 Å². The maximum atomic E-state index is 12.7. The number of fused-ring (bicyclic) bond motifs is 1. The van der Waals surface area contributed by atoms with E-state index in [1.54, 1.807) is 30.3 Å². The minimum Gasteiger partial charge on any atom is -0.375 e. The maximum absolute atomic E-state index is 12.7. The quantitative estimate of drug-likeness (QED) is 0.769. The zero-order valence-corrected chi connectivity index (χ0v) is 14.0. The summed E-state index contributed by atoms with van der Waals surface area (Å²) >= 11 is 0. The Morgan fingerprint density at radius 1 is 1.08 bits per heavy atom. The molecule has 0 radical (unpaired) electrons. The summed E-state index contributed by atoms with van der Waals surface area (Å²) in [5, 5.41) is 11.0. The van der Waals surface area contributed by atoms with Crippen LogP contribution >= 0.6 is 0 Å². The lowest BCUT2D eigenvalue weighted by Crippen LogP contribution is -2.44. The second kappa shape index (κ2) is 6.93. The van der Waals surface area contributed by atoms with E-state index in [2.05, 4.69) is 0 Å². The number of primary amides is 1. The Kier molecular flexibility index (Phi) is 4.69. The molecule has 0 unspecified atom stereocenters. The summed E-state index contributed by atoms with van der Waals surface area (Å²) in [5.41, 5.74) is 4.71. The number of aliphatic hydroxyl groups is 1. The number of nitrogens with zero attached hydrogens (tertiary/aromatic N) is 1. The van der Waals surface area contributed by atoms with E-state index in [0.29, 0.717) is 11.3 Å². The van der Waals surface area contributed by atoms with Crippen molar-refractivity contribution in [1.82, 2.24) is 0 Å². The third kappa shape index (κ3) is 3.27. The van der Waals surface area contributed by atoms with Crippen molar-refractivity contribution in [3.8, 4) is 0 Å². The van der Waals surface area contributed by atoms with Gasteiger partial charge >= 0.3 is 0 Å². The maximum Gasteiger partial charge on any atom is 0.264 e. The third-order valence-corrected chi connectivity index (χ3v) is 4.24. The number of hydrogen-bond donors (Lipinski definition) is 2. The molecular weight excluding hydrogens is 332 g/mol. The van der Waals surface area contributed by atoms with Crippen LogP contribution in [0.3, 0.4) is 0 Å². The van der Waals surface area contributed by atoms with E-state index < -0.39 is 29.6 Å². The zero-order valence-electron chi connectivity index (χ0n) is 14.0. The third-order valence-electron chi connectivity index (χ3n) is 4.24. The van der Waals surface area contributed by atoms with E-state index in [4.69, 9.17) is 5.73 Å². The molecule has 0 saturated heterocycles. The number of anilines is 1. The SMILES string of the molecule is NC(=O)CN1C(=O)[C@@](O)(CC(=O)C=Cc2ccccc2)c2ccccc21. The average molecular weight is 350 g/mol. The highest BCUT2D eigenvalue weighted by molar-refractivity contribution is 6.12. The summed E-state index contributed by atoms with van der Waals surface area (Å²) < 4.78 is 0. The lowest BCUT2D eigenvalue weighted by molar-refractivity contribution is -0.141. The second-order valence-corrected chi connectivity index (χ2v) is 6.12. The van der Waals surface area contributed by atoms with E-state index in [9.17, 15) is 19.5 Å². The van der Waals surface area contributed by atoms with E-state index in [-0.39, 0.29) is 6.54 Å². The summed E-state index contributed by atoms with van der Waals surface area (Å²) in [6, 6.07) is 15.8. The van der Waals surface area contributed by atoms with Gasteiger partial charge < -0.3 is 10.8 Å². The van der Waals surface area contributed by atoms with Crippen LogP contribution < -0.4 is 10.6 Å². The van der Waals surface area contributed by atoms with Crippen molar-refractivity contribution in [1.29, 1.82) is 0 Å². The van der Waals surface area contributed by atoms with Gasteiger partial charge in [0.25, 0.3) is 5.91 Å². The predicted octanol–water partition coefficient (Wildman–Crippen LogP) is 1.38. The standard InChI is InChI=1S/C20H18N2O4/c21-18(24)13-22-17-9-5-4-8-16(17)20(26,19(22)25)12-15(23)11-10-14-6-2-1-3-7-14/h1-11,26H,12-13H2,(H2,21,24)/t20-/m1/s1. The molecule has 0 aliphatic carbocycles. The van der Waals surface area contributed by atoms with Crippen LogP contribution in [-0.4, -0.2) is 29.2 Å². The van der Waals surface area contributed by atoms with Crippen LogP contribution in [0.1, 0.15) is 17.5 Å². The summed E-state index contributed by atoms with van der Waals surface area (Å²) in [6.07, 6.45) is 2.54. The first-order valence-corrected chi connectivity index (χ1v) is 8.10. The van der Waals surface area contributed by atoms with Gasteiger partial charge in [-0.1, -0.05) is 54.6 Å². The Morgan fingerprint density at radius 2 is 1.73 bits per heavy atom. The molecule has 6 nitrogen and oxygen atoms in total. The predicted molar refractivity (Wildman–Crippen MR) is 97.0 cm³/mol. The van der Waals surface area contributed by atoms with Crippen LogP contribution in [-0.2, 0) is 20.0 Å². The number of para-hydroxylation sites is 1. The average Bonchev–Trinajstić information content (AvgIpc) is 2.83. The number of hydrogen-bond acceptors (Lipinski definition) is 4. The Labute approximate surface area is 150 Å². The van der Waals surface area contributed by atoms with Gasteiger partial charge in [-0.2, -0.15) is 0 Å². The number of amides is 2. The van der Waals surface area contributed by atoms with Crippen LogP contribution in [0.15, 0.2) is 60.7 Å². The van der Waals surface area contributed by atoms with Gasteiger partial charge in [-0.15, -0.1) is 0 Å². The molecule has 3 rings (SSSR count). The molecule has 3 N–H and O–H groups in total. The number of carbonyl (C=O) groups excluding carboxylic acids is 3. The molecule has 1 atom stereocenters. The molecule has 0 bridgehead atoms. The zero-order chi connectivity index (χ0) is 18.7. The molecule has 2 aromatic carbocycles. The number of benzene rings is 2. The van der Waals surface area contributed by atoms with Crippen molar-refractivity contribution in [3.05, 3.63) is 71.8 Å². The summed E-state index contributed by atoms with van der Waals surface area (Å²) in [4.78, 5) is 37.5. The van der Waals surface area contributed by atoms with E-state index in [1.165, 1.54) is 6.08 Å². The Hall–Kier alpha value is -3.25. The van der Waals surface area contributed by atoms with Gasteiger partial charge in [-0.05, 0) is 17.7 Å². The number of carbonyl (C=O) groups is 3. The fraction of sp³-hybridized carbons (Fsp3) is 0.150. The minimum atomic E-state index is -2.01. The Balaban J connectivity index is 1.86. The monoisotopic (exact) mass is 350 g/mol. The Bertz CT molecular complexity index is 892. The molecule has 0 fully saturated rings. The van der Waals surface area contributed by atoms with Gasteiger partial charge in [0.15, 0.2) is 11.4 Å². The molecule has 1 aliphatic heterocycles. The van der Waals surface area contributed by atoms with E-state index in [1.807, 2.05) is 30.3 Å². The molecule has 0 aromatic heterocycles. The molecule has 2 aromatic rings. The molecule has 6 heteroatoms. The summed E-state index contributed by atoms with van der Waals surface area (Å²) in [5.74, 6) is -1.83. The van der Waals surface area contributed by atoms with Crippen molar-refractivity contribution in [2.45, 2.75) is 12.0 Å². The lowest BCUT2D eigenvalue weighted by atomic mass is 9.89.